The Labute approximate surface area is 109 Å². The summed E-state index contributed by atoms with van der Waals surface area (Å²) in [6.07, 6.45) is -0.681. The van der Waals surface area contributed by atoms with E-state index in [1.54, 1.807) is 0 Å². The predicted octanol–water partition coefficient (Wildman–Crippen LogP) is 1.77. The maximum atomic E-state index is 9.72. The number of rotatable bonds is 4. The average molecular weight is 334 g/mol. The zero-order valence-electron chi connectivity index (χ0n) is 8.88. The molecule has 88 valence electrons. The second-order valence-corrected chi connectivity index (χ2v) is 4.74. The van der Waals surface area contributed by atoms with Gasteiger partial charge in [-0.25, -0.2) is 0 Å². The van der Waals surface area contributed by atoms with Crippen LogP contribution in [-0.2, 0) is 16.1 Å². The van der Waals surface area contributed by atoms with Gasteiger partial charge in [-0.15, -0.1) is 0 Å². The highest BCUT2D eigenvalue weighted by Crippen LogP contribution is 2.21. The number of benzene rings is 1. The van der Waals surface area contributed by atoms with E-state index in [1.807, 2.05) is 30.3 Å². The molecule has 3 nitrogen and oxygen atoms in total. The third-order valence-electron chi connectivity index (χ3n) is 2.66. The molecule has 1 aromatic carbocycles. The molecule has 1 heterocycles. The molecule has 0 saturated carbocycles. The highest BCUT2D eigenvalue weighted by Gasteiger charge is 2.36. The van der Waals surface area contributed by atoms with Crippen molar-refractivity contribution in [3.05, 3.63) is 35.9 Å². The van der Waals surface area contributed by atoms with Gasteiger partial charge in [-0.1, -0.05) is 52.9 Å². The van der Waals surface area contributed by atoms with Gasteiger partial charge in [0.05, 0.1) is 19.3 Å². The van der Waals surface area contributed by atoms with E-state index in [-0.39, 0.29) is 12.2 Å². The van der Waals surface area contributed by atoms with Crippen LogP contribution in [0.25, 0.3) is 0 Å². The molecule has 16 heavy (non-hydrogen) atoms. The fourth-order valence-electron chi connectivity index (χ4n) is 1.78. The first-order valence-corrected chi connectivity index (χ1v) is 6.85. The molecule has 1 aromatic rings. The van der Waals surface area contributed by atoms with E-state index >= 15 is 0 Å². The van der Waals surface area contributed by atoms with Gasteiger partial charge in [-0.3, -0.25) is 0 Å². The summed E-state index contributed by atoms with van der Waals surface area (Å²) in [4.78, 5) is 0. The van der Waals surface area contributed by atoms with E-state index in [1.165, 1.54) is 0 Å². The monoisotopic (exact) mass is 334 g/mol. The molecule has 0 radical (unpaired) electrons. The van der Waals surface area contributed by atoms with Crippen molar-refractivity contribution in [3.63, 3.8) is 0 Å². The van der Waals surface area contributed by atoms with Crippen molar-refractivity contribution < 1.29 is 14.6 Å². The molecule has 1 fully saturated rings. The lowest BCUT2D eigenvalue weighted by Crippen LogP contribution is -2.33. The molecule has 3 atom stereocenters. The van der Waals surface area contributed by atoms with Crippen LogP contribution in [-0.4, -0.2) is 34.5 Å². The van der Waals surface area contributed by atoms with E-state index in [0.29, 0.717) is 13.2 Å². The van der Waals surface area contributed by atoms with Gasteiger partial charge in [-0.2, -0.15) is 0 Å². The van der Waals surface area contributed by atoms with Crippen LogP contribution in [0.2, 0.25) is 0 Å². The molecule has 0 amide bonds. The van der Waals surface area contributed by atoms with E-state index < -0.39 is 6.10 Å². The second-order valence-electron chi connectivity index (χ2n) is 3.85. The SMILES string of the molecule is O[C@@H]1CO[C@@H](CI)[C@@H]1OCc1ccccc1. The summed E-state index contributed by atoms with van der Waals surface area (Å²) in [5, 5.41) is 9.72. The minimum absolute atomic E-state index is 0.0133. The topological polar surface area (TPSA) is 38.7 Å². The van der Waals surface area contributed by atoms with Gasteiger partial charge in [0.25, 0.3) is 0 Å². The Kier molecular flexibility index (Phi) is 4.57. The summed E-state index contributed by atoms with van der Waals surface area (Å²) in [5.74, 6) is 0. The number of hydrogen-bond donors (Lipinski definition) is 1. The van der Waals surface area contributed by atoms with Crippen molar-refractivity contribution >= 4 is 22.6 Å². The van der Waals surface area contributed by atoms with Crippen molar-refractivity contribution in [1.82, 2.24) is 0 Å². The molecular weight excluding hydrogens is 319 g/mol. The van der Waals surface area contributed by atoms with E-state index in [0.717, 1.165) is 9.99 Å². The number of aliphatic hydroxyl groups excluding tert-OH is 1. The Morgan fingerprint density at radius 1 is 1.38 bits per heavy atom. The summed E-state index contributed by atoms with van der Waals surface area (Å²) >= 11 is 2.25. The zero-order chi connectivity index (χ0) is 11.4. The third kappa shape index (κ3) is 2.94. The molecule has 1 aliphatic heterocycles. The largest absolute Gasteiger partial charge is 0.388 e. The normalized spacial score (nSPS) is 29.5. The van der Waals surface area contributed by atoms with Crippen LogP contribution in [0.3, 0.4) is 0 Å². The van der Waals surface area contributed by atoms with Crippen LogP contribution >= 0.6 is 22.6 Å². The second kappa shape index (κ2) is 5.95. The molecule has 4 heteroatoms. The van der Waals surface area contributed by atoms with Crippen LogP contribution in [0.15, 0.2) is 30.3 Å². The highest BCUT2D eigenvalue weighted by molar-refractivity contribution is 14.1. The average Bonchev–Trinajstić information content (AvgIpc) is 2.69. The maximum Gasteiger partial charge on any atom is 0.113 e. The molecule has 1 saturated heterocycles. The Bertz CT molecular complexity index is 317. The smallest absolute Gasteiger partial charge is 0.113 e. The Balaban J connectivity index is 1.89. The molecule has 0 spiro atoms. The number of alkyl halides is 1. The summed E-state index contributed by atoms with van der Waals surface area (Å²) in [6.45, 7) is 0.909. The Morgan fingerprint density at radius 2 is 2.12 bits per heavy atom. The van der Waals surface area contributed by atoms with Gasteiger partial charge in [0.2, 0.25) is 0 Å². The lowest BCUT2D eigenvalue weighted by Gasteiger charge is -2.19. The summed E-state index contributed by atoms with van der Waals surface area (Å²) in [6, 6.07) is 9.97. The van der Waals surface area contributed by atoms with Crippen LogP contribution < -0.4 is 0 Å². The summed E-state index contributed by atoms with van der Waals surface area (Å²) in [5.41, 5.74) is 1.12. The van der Waals surface area contributed by atoms with Crippen molar-refractivity contribution in [2.24, 2.45) is 0 Å². The molecule has 0 aliphatic carbocycles. The molecule has 1 N–H and O–H groups in total. The van der Waals surface area contributed by atoms with Crippen LogP contribution in [0.1, 0.15) is 5.56 Å². The van der Waals surface area contributed by atoms with Gasteiger partial charge in [-0.05, 0) is 5.56 Å². The van der Waals surface area contributed by atoms with Crippen molar-refractivity contribution in [3.8, 4) is 0 Å². The number of aliphatic hydroxyl groups is 1. The van der Waals surface area contributed by atoms with Crippen molar-refractivity contribution in [2.75, 3.05) is 11.0 Å². The highest BCUT2D eigenvalue weighted by atomic mass is 127. The first kappa shape index (κ1) is 12.3. The lowest BCUT2D eigenvalue weighted by molar-refractivity contribution is -0.0388. The van der Waals surface area contributed by atoms with E-state index in [9.17, 15) is 5.11 Å². The predicted molar refractivity (Wildman–Crippen MR) is 69.7 cm³/mol. The molecule has 0 unspecified atom stereocenters. The summed E-state index contributed by atoms with van der Waals surface area (Å²) in [7, 11) is 0. The molecule has 1 aliphatic rings. The van der Waals surface area contributed by atoms with Gasteiger partial charge in [0, 0.05) is 4.43 Å². The zero-order valence-corrected chi connectivity index (χ0v) is 11.0. The maximum absolute atomic E-state index is 9.72. The fourth-order valence-corrected chi connectivity index (χ4v) is 2.53. The Hall–Kier alpha value is -0.170. The van der Waals surface area contributed by atoms with Crippen molar-refractivity contribution in [1.29, 1.82) is 0 Å². The van der Waals surface area contributed by atoms with Crippen LogP contribution in [0, 0.1) is 0 Å². The standard InChI is InChI=1S/C12H15IO3/c13-6-11-12(10(14)8-15-11)16-7-9-4-2-1-3-5-9/h1-5,10-12,14H,6-8H2/t10-,11+,12-/m1/s1. The van der Waals surface area contributed by atoms with E-state index in [2.05, 4.69) is 22.6 Å². The Morgan fingerprint density at radius 3 is 2.81 bits per heavy atom. The van der Waals surface area contributed by atoms with Gasteiger partial charge >= 0.3 is 0 Å². The number of halogens is 1. The molecule has 0 aromatic heterocycles. The van der Waals surface area contributed by atoms with Gasteiger partial charge in [0.1, 0.15) is 12.2 Å². The number of ether oxygens (including phenoxy) is 2. The minimum atomic E-state index is -0.497. The minimum Gasteiger partial charge on any atom is -0.388 e. The van der Waals surface area contributed by atoms with Crippen molar-refractivity contribution in [2.45, 2.75) is 24.9 Å². The first-order chi connectivity index (χ1) is 7.81. The summed E-state index contributed by atoms with van der Waals surface area (Å²) < 4.78 is 12.0. The fraction of sp³-hybridized carbons (Fsp3) is 0.500. The third-order valence-corrected chi connectivity index (χ3v) is 3.53. The molecule has 0 bridgehead atoms. The quantitative estimate of drug-likeness (QED) is 0.674. The first-order valence-electron chi connectivity index (χ1n) is 5.32. The molecular formula is C12H15IO3. The molecule has 2 rings (SSSR count). The number of hydrogen-bond acceptors (Lipinski definition) is 3. The van der Waals surface area contributed by atoms with Gasteiger partial charge < -0.3 is 14.6 Å². The van der Waals surface area contributed by atoms with Gasteiger partial charge in [0.15, 0.2) is 0 Å². The van der Waals surface area contributed by atoms with Crippen LogP contribution in [0.4, 0.5) is 0 Å². The van der Waals surface area contributed by atoms with Crippen LogP contribution in [0.5, 0.6) is 0 Å². The lowest BCUT2D eigenvalue weighted by atomic mass is 10.1. The van der Waals surface area contributed by atoms with E-state index in [4.69, 9.17) is 9.47 Å².